The highest BCUT2D eigenvalue weighted by atomic mass is 16.5. The van der Waals surface area contributed by atoms with Crippen LogP contribution < -0.4 is 24.0 Å². The van der Waals surface area contributed by atoms with Crippen LogP contribution in [0.5, 0.6) is 17.2 Å². The molecule has 20 aromatic carbocycles. The SMILES string of the molecule is CC1(C)CC(C)(c2ccc(-c3ccccc3)c(-n3c4ccc(-c5ccccc5)cc4c4cc(-c5ccccc5)ccc43)c2)c2cc(-c3ccccc3)c(-n3c4ccc(-c5ccccc5)cc4c4cc(-c5ccccc5)ccc43)cc21.COc1ccc(N(c2ccc(OC)cc2)c2cc(C3(C)CC(C)(C)c4cc(N(c5ccc(C)cc5)c5ccc(OC)cc5)c(-c5ccccc5)cc43)ccc2-c2ccccc2)cc1. The van der Waals surface area contributed by atoms with Crippen LogP contribution in [-0.4, -0.2) is 30.5 Å². The van der Waals surface area contributed by atoms with Gasteiger partial charge in [-0.15, -0.1) is 0 Å². The monoisotopic (exact) mass is 1850 g/mol. The predicted octanol–water partition coefficient (Wildman–Crippen LogP) is 36.2. The zero-order chi connectivity index (χ0) is 97.2. The van der Waals surface area contributed by atoms with Crippen molar-refractivity contribution in [1.29, 1.82) is 0 Å². The van der Waals surface area contributed by atoms with Gasteiger partial charge in [-0.2, -0.15) is 0 Å². The van der Waals surface area contributed by atoms with Crippen molar-refractivity contribution in [3.63, 3.8) is 0 Å². The Balaban J connectivity index is 0.000000164. The van der Waals surface area contributed by atoms with Crippen LogP contribution in [0, 0.1) is 6.92 Å². The maximum absolute atomic E-state index is 5.62. The third kappa shape index (κ3) is 16.5. The van der Waals surface area contributed by atoms with Crippen LogP contribution >= 0.6 is 0 Å². The second kappa shape index (κ2) is 37.0. The molecule has 2 aromatic heterocycles. The van der Waals surface area contributed by atoms with Crippen LogP contribution in [0.15, 0.2) is 473 Å². The minimum Gasteiger partial charge on any atom is -0.497 e. The molecule has 694 valence electrons. The van der Waals surface area contributed by atoms with Crippen LogP contribution in [0.4, 0.5) is 34.1 Å². The van der Waals surface area contributed by atoms with E-state index in [-0.39, 0.29) is 21.7 Å². The first kappa shape index (κ1) is 89.9. The summed E-state index contributed by atoms with van der Waals surface area (Å²) >= 11 is 0. The molecule has 0 N–H and O–H groups in total. The molecule has 0 radical (unpaired) electrons. The lowest BCUT2D eigenvalue weighted by atomic mass is 9.74. The Kier molecular flexibility index (Phi) is 23.2. The molecule has 0 saturated heterocycles. The van der Waals surface area contributed by atoms with Crippen LogP contribution in [0.3, 0.4) is 0 Å². The predicted molar refractivity (Wildman–Crippen MR) is 600 cm³/mol. The molecule has 2 heterocycles. The van der Waals surface area contributed by atoms with Crippen LogP contribution in [0.2, 0.25) is 0 Å². The molecule has 2 aliphatic rings. The Bertz CT molecular complexity index is 8240. The van der Waals surface area contributed by atoms with Crippen LogP contribution in [0.1, 0.15) is 93.3 Å². The number of aryl methyl sites for hydroxylation is 1. The van der Waals surface area contributed by atoms with Crippen molar-refractivity contribution in [1.82, 2.24) is 9.13 Å². The molecule has 0 fully saturated rings. The van der Waals surface area contributed by atoms with Crippen molar-refractivity contribution in [2.24, 2.45) is 0 Å². The zero-order valence-corrected chi connectivity index (χ0v) is 82.5. The second-order valence-corrected chi connectivity index (χ2v) is 40.2. The molecule has 0 aliphatic heterocycles. The lowest BCUT2D eigenvalue weighted by Crippen LogP contribution is -2.24. The Labute approximate surface area is 839 Å². The highest BCUT2D eigenvalue weighted by molar-refractivity contribution is 6.14. The number of anilines is 6. The van der Waals surface area contributed by atoms with Crippen molar-refractivity contribution < 1.29 is 14.2 Å². The van der Waals surface area contributed by atoms with E-state index in [9.17, 15) is 0 Å². The summed E-state index contributed by atoms with van der Waals surface area (Å²) < 4.78 is 22.0. The maximum atomic E-state index is 5.62. The van der Waals surface area contributed by atoms with Gasteiger partial charge in [-0.05, 0) is 301 Å². The number of hydrogen-bond donors (Lipinski definition) is 0. The third-order valence-corrected chi connectivity index (χ3v) is 30.3. The number of rotatable bonds is 21. The van der Waals surface area contributed by atoms with Gasteiger partial charge in [0.25, 0.3) is 0 Å². The van der Waals surface area contributed by atoms with Gasteiger partial charge in [-0.25, -0.2) is 0 Å². The molecule has 24 rings (SSSR count). The number of ether oxygens (including phenoxy) is 3. The van der Waals surface area contributed by atoms with Crippen molar-refractivity contribution in [3.05, 3.63) is 512 Å². The average molecular weight is 1850 g/mol. The standard InChI is InChI=1S/C78H58N2.C58H54N2O3/c1-77(2)51-78(3,62-38-39-63(56-30-18-8-19-31-56)75(48-62)79-71-40-34-58(52-22-10-4-11-23-52)44-65(71)66-45-59(35-41-72(66)79)53-24-12-5-13-25-53)70-49-64(57-32-20-9-21-33-57)76(50-69(70)77)80-73-42-36-60(54-26-14-6-15-27-54)46-67(73)68-47-61(37-43-74(68)80)55-28-16-7-17-29-55;1-40-18-21-44(22-19-40)60(47-27-33-50(63-7)34-28-47)56-38-53-54(37-52(56)42-16-12-9-13-17-42)58(4,39-57(53,2)3)43-20-35-51(41-14-10-8-11-15-41)55(36-43)59(45-23-29-48(61-5)30-24-45)46-25-31-49(62-6)32-26-46/h4-50H,51H2,1-3H3;8-38H,39H2,1-7H3. The molecule has 2 aliphatic carbocycles. The first-order chi connectivity index (χ1) is 69.9. The molecule has 2 atom stereocenters. The molecule has 22 aromatic rings. The fourth-order valence-electron chi connectivity index (χ4n) is 23.3. The lowest BCUT2D eigenvalue weighted by Gasteiger charge is -2.33. The first-order valence-electron chi connectivity index (χ1n) is 49.7. The van der Waals surface area contributed by atoms with E-state index in [0.717, 1.165) is 75.3 Å². The summed E-state index contributed by atoms with van der Waals surface area (Å²) in [6, 6.07) is 174. The highest BCUT2D eigenvalue weighted by Crippen LogP contribution is 2.60. The highest BCUT2D eigenvalue weighted by Gasteiger charge is 2.49. The smallest absolute Gasteiger partial charge is 0.119 e. The number of aromatic nitrogens is 2. The fraction of sp³-hybridized carbons (Fsp3) is 0.118. The summed E-state index contributed by atoms with van der Waals surface area (Å²) in [5.41, 5.74) is 40.9. The van der Waals surface area contributed by atoms with Crippen molar-refractivity contribution in [2.75, 3.05) is 31.1 Å². The van der Waals surface area contributed by atoms with E-state index in [0.29, 0.717) is 0 Å². The number of fused-ring (bicyclic) bond motifs is 8. The van der Waals surface area contributed by atoms with E-state index in [1.807, 2.05) is 36.4 Å². The van der Waals surface area contributed by atoms with Crippen molar-refractivity contribution in [2.45, 2.75) is 83.0 Å². The minimum atomic E-state index is -0.347. The van der Waals surface area contributed by atoms with Crippen molar-refractivity contribution >= 4 is 77.7 Å². The number of methoxy groups -OCH3 is 3. The van der Waals surface area contributed by atoms with Crippen LogP contribution in [0.25, 0.3) is 144 Å². The number of benzene rings is 20. The Morgan fingerprint density at radius 3 is 0.832 bits per heavy atom. The molecule has 0 amide bonds. The summed E-state index contributed by atoms with van der Waals surface area (Å²) in [6.07, 6.45) is 1.87. The van der Waals surface area contributed by atoms with E-state index in [1.165, 1.54) is 172 Å². The molecule has 143 heavy (non-hydrogen) atoms. The molecule has 0 spiro atoms. The van der Waals surface area contributed by atoms with Gasteiger partial charge >= 0.3 is 0 Å². The summed E-state index contributed by atoms with van der Waals surface area (Å²) in [6.45, 7) is 16.8. The minimum absolute atomic E-state index is 0.156. The van der Waals surface area contributed by atoms with Gasteiger partial charge in [0.1, 0.15) is 17.2 Å². The molecule has 0 bridgehead atoms. The van der Waals surface area contributed by atoms with Gasteiger partial charge in [-0.1, -0.05) is 350 Å². The van der Waals surface area contributed by atoms with Crippen LogP contribution in [-0.2, 0) is 21.7 Å². The summed E-state index contributed by atoms with van der Waals surface area (Å²) in [7, 11) is 5.13. The van der Waals surface area contributed by atoms with Gasteiger partial charge in [0.2, 0.25) is 0 Å². The van der Waals surface area contributed by atoms with Crippen molar-refractivity contribution in [3.8, 4) is 118 Å². The third-order valence-electron chi connectivity index (χ3n) is 30.3. The van der Waals surface area contributed by atoms with E-state index in [2.05, 4.69) is 504 Å². The summed E-state index contributed by atoms with van der Waals surface area (Å²) in [5.74, 6) is 2.44. The molecule has 2 unspecified atom stereocenters. The zero-order valence-electron chi connectivity index (χ0n) is 82.5. The molecular formula is C136H112N4O3. The quantitative estimate of drug-likeness (QED) is 0.0717. The van der Waals surface area contributed by atoms with E-state index in [4.69, 9.17) is 14.2 Å². The Morgan fingerprint density at radius 2 is 0.490 bits per heavy atom. The largest absolute Gasteiger partial charge is 0.497 e. The van der Waals surface area contributed by atoms with Gasteiger partial charge in [-0.3, -0.25) is 0 Å². The molecular weight excluding hydrogens is 1740 g/mol. The van der Waals surface area contributed by atoms with Gasteiger partial charge in [0.05, 0.1) is 66.1 Å². The number of nitrogens with zero attached hydrogens (tertiary/aromatic N) is 4. The molecule has 0 saturated carbocycles. The topological polar surface area (TPSA) is 44.0 Å². The molecule has 7 nitrogen and oxygen atoms in total. The van der Waals surface area contributed by atoms with Gasteiger partial charge < -0.3 is 33.1 Å². The Morgan fingerprint density at radius 1 is 0.217 bits per heavy atom. The fourth-order valence-corrected chi connectivity index (χ4v) is 23.3. The maximum Gasteiger partial charge on any atom is 0.119 e. The second-order valence-electron chi connectivity index (χ2n) is 40.2. The molecule has 7 heteroatoms. The van der Waals surface area contributed by atoms with E-state index < -0.39 is 0 Å². The normalized spacial score (nSPS) is 14.9. The first-order valence-corrected chi connectivity index (χ1v) is 49.7. The lowest BCUT2D eigenvalue weighted by molar-refractivity contribution is 0.414. The van der Waals surface area contributed by atoms with Gasteiger partial charge in [0.15, 0.2) is 0 Å². The summed E-state index contributed by atoms with van der Waals surface area (Å²) in [4.78, 5) is 4.77. The van der Waals surface area contributed by atoms with E-state index >= 15 is 0 Å². The van der Waals surface area contributed by atoms with E-state index in [1.54, 1.807) is 21.3 Å². The summed E-state index contributed by atoms with van der Waals surface area (Å²) in [5, 5.41) is 4.96. The number of hydrogen-bond acceptors (Lipinski definition) is 5. The average Bonchev–Trinajstić information content (AvgIpc) is 1.55. The Hall–Kier alpha value is -17.0. The van der Waals surface area contributed by atoms with Gasteiger partial charge in [0, 0.05) is 77.4 Å².